The van der Waals surface area contributed by atoms with Gasteiger partial charge in [0.2, 0.25) is 11.7 Å². The molecule has 0 fully saturated rings. The molecule has 2 aromatic rings. The van der Waals surface area contributed by atoms with Gasteiger partial charge in [0, 0.05) is 28.7 Å². The molecule has 1 aromatic carbocycles. The molecule has 24 heavy (non-hydrogen) atoms. The van der Waals surface area contributed by atoms with Crippen molar-refractivity contribution in [3.05, 3.63) is 64.8 Å². The Morgan fingerprint density at radius 1 is 1.33 bits per heavy atom. The van der Waals surface area contributed by atoms with Gasteiger partial charge < -0.3 is 10.1 Å². The minimum atomic E-state index is -0.703. The van der Waals surface area contributed by atoms with Crippen molar-refractivity contribution in [2.75, 3.05) is 12.8 Å². The lowest BCUT2D eigenvalue weighted by molar-refractivity contribution is -0.120. The maximum atomic E-state index is 12.9. The Labute approximate surface area is 150 Å². The average molecular weight is 361 g/mol. The Bertz CT molecular complexity index is 807. The van der Waals surface area contributed by atoms with E-state index in [9.17, 15) is 4.79 Å². The van der Waals surface area contributed by atoms with E-state index >= 15 is 0 Å². The van der Waals surface area contributed by atoms with E-state index in [1.165, 1.54) is 0 Å². The summed E-state index contributed by atoms with van der Waals surface area (Å²) < 4.78 is 5.84. The quantitative estimate of drug-likeness (QED) is 0.814. The van der Waals surface area contributed by atoms with Gasteiger partial charge >= 0.3 is 0 Å². The Kier molecular flexibility index (Phi) is 5.11. The van der Waals surface area contributed by atoms with E-state index in [-0.39, 0.29) is 5.78 Å². The second-order valence-electron chi connectivity index (χ2n) is 5.18. The van der Waals surface area contributed by atoms with Gasteiger partial charge in [0.15, 0.2) is 6.10 Å². The van der Waals surface area contributed by atoms with Gasteiger partial charge in [0.1, 0.15) is 5.57 Å². The number of nitrogens with one attached hydrogen (secondary N) is 1. The molecular weight excluding hydrogens is 344 g/mol. The zero-order valence-corrected chi connectivity index (χ0v) is 14.9. The number of aromatic nitrogens is 1. The summed E-state index contributed by atoms with van der Waals surface area (Å²) in [7, 11) is 1.73. The first-order valence-electron chi connectivity index (χ1n) is 7.61. The summed E-state index contributed by atoms with van der Waals surface area (Å²) in [6, 6.07) is 11.0. The van der Waals surface area contributed by atoms with Crippen LogP contribution in [0.4, 0.5) is 0 Å². The molecule has 1 aromatic heterocycles. The third-order valence-electron chi connectivity index (χ3n) is 3.62. The van der Waals surface area contributed by atoms with Crippen LogP contribution in [0.25, 0.3) is 5.57 Å². The third kappa shape index (κ3) is 3.28. The van der Waals surface area contributed by atoms with Crippen LogP contribution in [0.5, 0.6) is 0 Å². The topological polar surface area (TPSA) is 51.2 Å². The van der Waals surface area contributed by atoms with Gasteiger partial charge in [-0.25, -0.2) is 0 Å². The summed E-state index contributed by atoms with van der Waals surface area (Å²) in [5, 5.41) is 3.54. The highest BCUT2D eigenvalue weighted by Crippen LogP contribution is 2.37. The van der Waals surface area contributed by atoms with Crippen LogP contribution in [0.3, 0.4) is 0 Å². The summed E-state index contributed by atoms with van der Waals surface area (Å²) >= 11 is 7.74. The monoisotopic (exact) mass is 360 g/mol. The van der Waals surface area contributed by atoms with Crippen LogP contribution in [0.15, 0.2) is 53.4 Å². The number of ketones is 1. The average Bonchev–Trinajstić information content (AvgIpc) is 2.92. The predicted molar refractivity (Wildman–Crippen MR) is 96.9 cm³/mol. The molecule has 3 rings (SSSR count). The molecule has 1 N–H and O–H groups in total. The number of thioether (sulfide) groups is 1. The normalized spacial score (nSPS) is 17.1. The van der Waals surface area contributed by atoms with E-state index in [1.807, 2.05) is 24.3 Å². The van der Waals surface area contributed by atoms with E-state index in [2.05, 4.69) is 17.2 Å². The SMILES string of the molecule is CCSc1ccnc(C2=C(NC)OC(c3cccc(Cl)c3)C2=O)c1. The number of hydrogen-bond donors (Lipinski definition) is 1. The largest absolute Gasteiger partial charge is 0.462 e. The molecule has 1 atom stereocenters. The number of carbonyl (C=O) groups excluding carboxylic acids is 1. The Balaban J connectivity index is 1.97. The van der Waals surface area contributed by atoms with Gasteiger partial charge in [-0.2, -0.15) is 0 Å². The molecule has 0 saturated heterocycles. The first kappa shape index (κ1) is 16.9. The standard InChI is InChI=1S/C18H17ClN2O2S/c1-3-24-13-7-8-21-14(10-13)15-16(22)17(23-18(15)20-2)11-5-4-6-12(19)9-11/h4-10,17,20H,3H2,1-2H3. The first-order valence-corrected chi connectivity index (χ1v) is 8.98. The summed E-state index contributed by atoms with van der Waals surface area (Å²) in [6.07, 6.45) is 1.01. The Hall–Kier alpha value is -1.98. The number of carbonyl (C=O) groups is 1. The van der Waals surface area contributed by atoms with Crippen molar-refractivity contribution in [2.45, 2.75) is 17.9 Å². The summed E-state index contributed by atoms with van der Waals surface area (Å²) in [6.45, 7) is 2.09. The molecule has 1 aliphatic heterocycles. The zero-order chi connectivity index (χ0) is 17.1. The van der Waals surface area contributed by atoms with Crippen molar-refractivity contribution >= 4 is 34.7 Å². The fourth-order valence-corrected chi connectivity index (χ4v) is 3.48. The minimum absolute atomic E-state index is 0.118. The molecule has 1 aliphatic rings. The van der Waals surface area contributed by atoms with Gasteiger partial charge in [-0.05, 0) is 30.0 Å². The number of pyridine rings is 1. The van der Waals surface area contributed by atoms with E-state index < -0.39 is 6.10 Å². The van der Waals surface area contributed by atoms with Crippen LogP contribution >= 0.6 is 23.4 Å². The molecular formula is C18H17ClN2O2S. The number of benzene rings is 1. The van der Waals surface area contributed by atoms with Gasteiger partial charge in [-0.3, -0.25) is 9.78 Å². The second-order valence-corrected chi connectivity index (χ2v) is 6.95. The molecule has 0 bridgehead atoms. The van der Waals surface area contributed by atoms with Crippen LogP contribution in [-0.4, -0.2) is 23.6 Å². The molecule has 2 heterocycles. The number of halogens is 1. The molecule has 0 saturated carbocycles. The second kappa shape index (κ2) is 7.28. The highest BCUT2D eigenvalue weighted by atomic mass is 35.5. The summed E-state index contributed by atoms with van der Waals surface area (Å²) in [5.41, 5.74) is 1.82. The van der Waals surface area contributed by atoms with Crippen LogP contribution < -0.4 is 5.32 Å². The fraction of sp³-hybridized carbons (Fsp3) is 0.222. The Morgan fingerprint density at radius 3 is 2.88 bits per heavy atom. The molecule has 6 heteroatoms. The first-order chi connectivity index (χ1) is 11.6. The maximum absolute atomic E-state index is 12.9. The molecule has 0 radical (unpaired) electrons. The number of Topliss-reactive ketones (excluding diaryl/α,β-unsaturated/α-hetero) is 1. The lowest BCUT2D eigenvalue weighted by Crippen LogP contribution is -2.10. The molecule has 124 valence electrons. The van der Waals surface area contributed by atoms with Crippen LogP contribution in [0.1, 0.15) is 24.3 Å². The fourth-order valence-electron chi connectivity index (χ4n) is 2.59. The van der Waals surface area contributed by atoms with Gasteiger partial charge in [-0.15, -0.1) is 11.8 Å². The summed E-state index contributed by atoms with van der Waals surface area (Å²) in [4.78, 5) is 18.4. The smallest absolute Gasteiger partial charge is 0.215 e. The highest BCUT2D eigenvalue weighted by molar-refractivity contribution is 7.99. The third-order valence-corrected chi connectivity index (χ3v) is 4.74. The van der Waals surface area contributed by atoms with Crippen molar-refractivity contribution in [1.82, 2.24) is 10.3 Å². The number of hydrogen-bond acceptors (Lipinski definition) is 5. The number of nitrogens with zero attached hydrogens (tertiary/aromatic N) is 1. The maximum Gasteiger partial charge on any atom is 0.215 e. The van der Waals surface area contributed by atoms with Gasteiger partial charge in [0.25, 0.3) is 0 Å². The van der Waals surface area contributed by atoms with Crippen molar-refractivity contribution in [3.8, 4) is 0 Å². The van der Waals surface area contributed by atoms with E-state index in [0.717, 1.165) is 16.2 Å². The number of ether oxygens (including phenoxy) is 1. The summed E-state index contributed by atoms with van der Waals surface area (Å²) in [5.74, 6) is 1.28. The van der Waals surface area contributed by atoms with Crippen LogP contribution in [0.2, 0.25) is 5.02 Å². The van der Waals surface area contributed by atoms with E-state index in [1.54, 1.807) is 37.1 Å². The van der Waals surface area contributed by atoms with Crippen molar-refractivity contribution in [3.63, 3.8) is 0 Å². The van der Waals surface area contributed by atoms with Crippen molar-refractivity contribution in [2.24, 2.45) is 0 Å². The number of rotatable bonds is 5. The van der Waals surface area contributed by atoms with Crippen molar-refractivity contribution < 1.29 is 9.53 Å². The van der Waals surface area contributed by atoms with E-state index in [4.69, 9.17) is 16.3 Å². The van der Waals surface area contributed by atoms with Gasteiger partial charge in [0.05, 0.1) is 5.69 Å². The van der Waals surface area contributed by atoms with Gasteiger partial charge in [-0.1, -0.05) is 30.7 Å². The molecule has 0 aliphatic carbocycles. The molecule has 1 unspecified atom stereocenters. The van der Waals surface area contributed by atoms with Crippen molar-refractivity contribution in [1.29, 1.82) is 0 Å². The molecule has 4 nitrogen and oxygen atoms in total. The molecule has 0 spiro atoms. The lowest BCUT2D eigenvalue weighted by atomic mass is 10.00. The molecule has 0 amide bonds. The highest BCUT2D eigenvalue weighted by Gasteiger charge is 2.37. The van der Waals surface area contributed by atoms with E-state index in [0.29, 0.717) is 22.2 Å². The Morgan fingerprint density at radius 2 is 2.17 bits per heavy atom. The van der Waals surface area contributed by atoms with Crippen LogP contribution in [-0.2, 0) is 9.53 Å². The van der Waals surface area contributed by atoms with Crippen LogP contribution in [0, 0.1) is 0 Å². The minimum Gasteiger partial charge on any atom is -0.462 e. The lowest BCUT2D eigenvalue weighted by Gasteiger charge is -2.11. The predicted octanol–water partition coefficient (Wildman–Crippen LogP) is 4.08. The zero-order valence-electron chi connectivity index (χ0n) is 13.4.